The molecule has 0 aliphatic carbocycles. The van der Waals surface area contributed by atoms with E-state index in [1.807, 2.05) is 11.0 Å². The predicted molar refractivity (Wildman–Crippen MR) is 119 cm³/mol. The molecular weight excluding hydrogens is 402 g/mol. The number of anilines is 2. The summed E-state index contributed by atoms with van der Waals surface area (Å²) in [7, 11) is 5.06. The number of hydrogen-bond acceptors (Lipinski definition) is 5. The molecule has 0 amide bonds. The first-order valence-corrected chi connectivity index (χ1v) is 9.99. The van der Waals surface area contributed by atoms with Gasteiger partial charge < -0.3 is 15.6 Å². The molecule has 0 bridgehead atoms. The lowest BCUT2D eigenvalue weighted by atomic mass is 9.92. The maximum atomic E-state index is 14.0. The van der Waals surface area contributed by atoms with Gasteiger partial charge in [0.05, 0.1) is 17.2 Å². The molecule has 9 heteroatoms. The number of halogens is 2. The number of aromatic nitrogens is 3. The van der Waals surface area contributed by atoms with E-state index in [4.69, 9.17) is 5.41 Å². The molecule has 162 valence electrons. The summed E-state index contributed by atoms with van der Waals surface area (Å²) in [6, 6.07) is 5.09. The maximum absolute atomic E-state index is 14.0. The van der Waals surface area contributed by atoms with Crippen molar-refractivity contribution in [2.45, 2.75) is 19.3 Å². The molecule has 0 atom stereocenters. The fourth-order valence-corrected chi connectivity index (χ4v) is 4.20. The van der Waals surface area contributed by atoms with Crippen LogP contribution in [0.5, 0.6) is 0 Å². The van der Waals surface area contributed by atoms with Crippen molar-refractivity contribution in [2.75, 3.05) is 18.5 Å². The van der Waals surface area contributed by atoms with Crippen LogP contribution in [0.4, 0.5) is 20.3 Å². The number of alkyl halides is 2. The van der Waals surface area contributed by atoms with Crippen molar-refractivity contribution in [1.29, 1.82) is 5.41 Å². The Hall–Kier alpha value is -3.49. The third kappa shape index (κ3) is 3.39. The fourth-order valence-electron chi connectivity index (χ4n) is 4.20. The molecule has 0 saturated carbocycles. The van der Waals surface area contributed by atoms with E-state index in [1.165, 1.54) is 10.6 Å². The number of pyridine rings is 1. The Bertz CT molecular complexity index is 1260. The molecule has 1 aliphatic heterocycles. The van der Waals surface area contributed by atoms with Crippen LogP contribution in [-0.2, 0) is 20.5 Å². The van der Waals surface area contributed by atoms with Gasteiger partial charge in [-0.15, -0.1) is 0 Å². The summed E-state index contributed by atoms with van der Waals surface area (Å²) in [6.45, 7) is 0.637. The molecule has 0 radical (unpaired) electrons. The molecule has 1 aliphatic rings. The second kappa shape index (κ2) is 7.98. The van der Waals surface area contributed by atoms with Crippen molar-refractivity contribution in [2.24, 2.45) is 14.1 Å². The Morgan fingerprint density at radius 3 is 2.65 bits per heavy atom. The van der Waals surface area contributed by atoms with Gasteiger partial charge in [-0.3, -0.25) is 9.13 Å². The van der Waals surface area contributed by atoms with E-state index >= 15 is 0 Å². The quantitative estimate of drug-likeness (QED) is 0.612. The van der Waals surface area contributed by atoms with Crippen LogP contribution in [0.1, 0.15) is 29.5 Å². The summed E-state index contributed by atoms with van der Waals surface area (Å²) in [5.74, 6) is 0.612. The minimum atomic E-state index is -2.69. The molecule has 3 heterocycles. The Labute approximate surface area is 178 Å². The van der Waals surface area contributed by atoms with E-state index in [-0.39, 0.29) is 11.3 Å². The highest BCUT2D eigenvalue weighted by atomic mass is 19.3. The number of hydrogen-bond donors (Lipinski definition) is 2. The van der Waals surface area contributed by atoms with Gasteiger partial charge in [-0.2, -0.15) is 0 Å². The number of fused-ring (bicyclic) bond motifs is 2. The zero-order valence-corrected chi connectivity index (χ0v) is 17.6. The molecule has 31 heavy (non-hydrogen) atoms. The van der Waals surface area contributed by atoms with E-state index in [2.05, 4.69) is 10.3 Å². The van der Waals surface area contributed by atoms with Crippen LogP contribution in [-0.4, -0.2) is 33.9 Å². The monoisotopic (exact) mass is 426 g/mol. The van der Waals surface area contributed by atoms with Crippen molar-refractivity contribution in [3.05, 3.63) is 57.8 Å². The largest absolute Gasteiger partial charge is 0.393 e. The molecule has 0 spiro atoms. The summed E-state index contributed by atoms with van der Waals surface area (Å²) in [6.07, 6.45) is 3.17. The van der Waals surface area contributed by atoms with Gasteiger partial charge in [0.1, 0.15) is 5.82 Å². The van der Waals surface area contributed by atoms with Crippen LogP contribution in [0.3, 0.4) is 0 Å². The van der Waals surface area contributed by atoms with Gasteiger partial charge in [0, 0.05) is 63.0 Å². The Morgan fingerprint density at radius 1 is 1.23 bits per heavy atom. The minimum absolute atomic E-state index is 0.121. The summed E-state index contributed by atoms with van der Waals surface area (Å²) in [4.78, 5) is 18.7. The number of nitrogens with zero attached hydrogens (tertiary/aromatic N) is 4. The Kier molecular flexibility index (Phi) is 5.34. The van der Waals surface area contributed by atoms with Crippen LogP contribution in [0.15, 0.2) is 35.4 Å². The second-order valence-corrected chi connectivity index (χ2v) is 7.59. The molecule has 0 fully saturated rings. The van der Waals surface area contributed by atoms with Crippen LogP contribution in [0, 0.1) is 5.41 Å². The number of benzene rings is 1. The van der Waals surface area contributed by atoms with Crippen molar-refractivity contribution in [1.82, 2.24) is 19.4 Å². The Morgan fingerprint density at radius 2 is 1.97 bits per heavy atom. The molecule has 3 aromatic rings. The lowest BCUT2D eigenvalue weighted by Gasteiger charge is -2.32. The molecule has 7 nitrogen and oxygen atoms in total. The number of rotatable bonds is 5. The van der Waals surface area contributed by atoms with Crippen molar-refractivity contribution in [3.63, 3.8) is 0 Å². The van der Waals surface area contributed by atoms with Crippen LogP contribution in [0.2, 0.25) is 0 Å². The molecule has 0 saturated heterocycles. The molecule has 2 aromatic heterocycles. The average Bonchev–Trinajstić information content (AvgIpc) is 2.99. The van der Waals surface area contributed by atoms with E-state index in [1.54, 1.807) is 44.2 Å². The number of nitrogens with one attached hydrogen (secondary N) is 2. The maximum Gasteiger partial charge on any atom is 0.328 e. The summed E-state index contributed by atoms with van der Waals surface area (Å²) < 4.78 is 31.0. The molecule has 0 unspecified atom stereocenters. The summed E-state index contributed by atoms with van der Waals surface area (Å²) in [5.41, 5.74) is 3.55. The third-order valence-electron chi connectivity index (χ3n) is 5.79. The van der Waals surface area contributed by atoms with E-state index in [0.29, 0.717) is 34.7 Å². The number of aryl methyl sites for hydroxylation is 3. The SMILES string of the molecule is CN/C=C(\C=N)c1cc2c(cc1C(F)F)N(c1cc3c(cn1)n(C)c(=O)n3C)CCC2. The predicted octanol–water partition coefficient (Wildman–Crippen LogP) is 3.50. The Balaban J connectivity index is 1.88. The van der Waals surface area contributed by atoms with Gasteiger partial charge in [-0.05, 0) is 36.1 Å². The zero-order chi connectivity index (χ0) is 22.3. The lowest BCUT2D eigenvalue weighted by Crippen LogP contribution is -2.26. The van der Waals surface area contributed by atoms with Crippen molar-refractivity contribution < 1.29 is 8.78 Å². The second-order valence-electron chi connectivity index (χ2n) is 7.59. The average molecular weight is 426 g/mol. The minimum Gasteiger partial charge on any atom is -0.393 e. The van der Waals surface area contributed by atoms with Gasteiger partial charge in [0.2, 0.25) is 0 Å². The van der Waals surface area contributed by atoms with Gasteiger partial charge in [-0.1, -0.05) is 0 Å². The van der Waals surface area contributed by atoms with E-state index < -0.39 is 6.43 Å². The van der Waals surface area contributed by atoms with Crippen molar-refractivity contribution in [3.8, 4) is 0 Å². The first-order valence-electron chi connectivity index (χ1n) is 9.99. The molecule has 1 aromatic carbocycles. The number of imidazole rings is 1. The topological polar surface area (TPSA) is 78.9 Å². The number of allylic oxidation sites excluding steroid dienone is 1. The standard InChI is InChI=1S/C22H24F2N6O/c1-26-11-14(10-25)15-7-13-5-4-6-30(17(13)8-16(15)21(23)24)20-9-18-19(12-27-20)29(3)22(31)28(18)2/h7-12,21,25-26H,4-6H2,1-3H3/b14-11+,25-10?. The highest BCUT2D eigenvalue weighted by molar-refractivity contribution is 6.09. The highest BCUT2D eigenvalue weighted by Crippen LogP contribution is 2.39. The lowest BCUT2D eigenvalue weighted by molar-refractivity contribution is 0.151. The molecular formula is C22H24F2N6O. The first-order chi connectivity index (χ1) is 14.9. The molecule has 4 rings (SSSR count). The zero-order valence-electron chi connectivity index (χ0n) is 17.6. The van der Waals surface area contributed by atoms with Crippen molar-refractivity contribution >= 4 is 34.3 Å². The third-order valence-corrected chi connectivity index (χ3v) is 5.79. The van der Waals surface area contributed by atoms with Gasteiger partial charge in [-0.25, -0.2) is 18.6 Å². The van der Waals surface area contributed by atoms with Gasteiger partial charge in [0.25, 0.3) is 6.43 Å². The smallest absolute Gasteiger partial charge is 0.328 e. The van der Waals surface area contributed by atoms with Crippen LogP contribution < -0.4 is 15.9 Å². The first kappa shape index (κ1) is 20.8. The normalized spacial score (nSPS) is 14.3. The fraction of sp³-hybridized carbons (Fsp3) is 0.318. The van der Waals surface area contributed by atoms with Crippen LogP contribution in [0.25, 0.3) is 16.6 Å². The molecule has 2 N–H and O–H groups in total. The van der Waals surface area contributed by atoms with E-state index in [9.17, 15) is 13.6 Å². The summed E-state index contributed by atoms with van der Waals surface area (Å²) in [5, 5.41) is 10.5. The van der Waals surface area contributed by atoms with Gasteiger partial charge >= 0.3 is 5.69 Å². The highest BCUT2D eigenvalue weighted by Gasteiger charge is 2.25. The van der Waals surface area contributed by atoms with Gasteiger partial charge in [0.15, 0.2) is 0 Å². The summed E-state index contributed by atoms with van der Waals surface area (Å²) >= 11 is 0. The van der Waals surface area contributed by atoms with Crippen LogP contribution >= 0.6 is 0 Å². The van der Waals surface area contributed by atoms with E-state index in [0.717, 1.165) is 30.1 Å².